The maximum atomic E-state index is 13.6. The molecule has 0 radical (unpaired) electrons. The number of alkyl carbamates (subject to hydrolysis) is 1. The van der Waals surface area contributed by atoms with Crippen molar-refractivity contribution in [3.8, 4) is 0 Å². The summed E-state index contributed by atoms with van der Waals surface area (Å²) in [4.78, 5) is 75.1. The minimum absolute atomic E-state index is 0.0947. The highest BCUT2D eigenvalue weighted by atomic mass is 16.6. The van der Waals surface area contributed by atoms with Gasteiger partial charge in [-0.25, -0.2) is 4.79 Å². The summed E-state index contributed by atoms with van der Waals surface area (Å²) in [6.07, 6.45) is 4.38. The SMILES string of the molecule is CCCCNC(=O)[C@H](C)C[C@H](O)[C@H](CC1CCCCC1)NC(=O)[C@H](CC(N)=O)NC(=O)[C@H](CCC(N)=O)NC(=O)OC(C)(C)C. The highest BCUT2D eigenvalue weighted by molar-refractivity contribution is 5.94. The fourth-order valence-electron chi connectivity index (χ4n) is 5.26. The second-order valence-corrected chi connectivity index (χ2v) is 13.1. The van der Waals surface area contributed by atoms with Gasteiger partial charge in [0.25, 0.3) is 0 Å². The van der Waals surface area contributed by atoms with Crippen LogP contribution in [0.4, 0.5) is 4.79 Å². The molecule has 0 unspecified atom stereocenters. The summed E-state index contributed by atoms with van der Waals surface area (Å²) in [6.45, 7) is 9.17. The lowest BCUT2D eigenvalue weighted by Crippen LogP contribution is -2.57. The monoisotopic (exact) mass is 640 g/mol. The number of carbonyl (C=O) groups excluding carboxylic acids is 6. The summed E-state index contributed by atoms with van der Waals surface area (Å²) >= 11 is 0. The van der Waals surface area contributed by atoms with Gasteiger partial charge in [0.1, 0.15) is 17.7 Å². The van der Waals surface area contributed by atoms with E-state index in [1.807, 2.05) is 6.92 Å². The first-order valence-corrected chi connectivity index (χ1v) is 16.1. The quantitative estimate of drug-likeness (QED) is 0.101. The maximum absolute atomic E-state index is 13.6. The zero-order valence-electron chi connectivity index (χ0n) is 27.6. The number of ether oxygens (including phenoxy) is 1. The molecule has 0 aliphatic heterocycles. The van der Waals surface area contributed by atoms with E-state index in [4.69, 9.17) is 16.2 Å². The van der Waals surface area contributed by atoms with Crippen LogP contribution in [-0.4, -0.2) is 77.1 Å². The van der Waals surface area contributed by atoms with Gasteiger partial charge in [0.05, 0.1) is 18.6 Å². The van der Waals surface area contributed by atoms with Crippen LogP contribution >= 0.6 is 0 Å². The third-order valence-corrected chi connectivity index (χ3v) is 7.70. The number of aliphatic hydroxyl groups excluding tert-OH is 1. The van der Waals surface area contributed by atoms with Crippen molar-refractivity contribution in [3.05, 3.63) is 0 Å². The molecule has 0 heterocycles. The average molecular weight is 641 g/mol. The first-order chi connectivity index (χ1) is 21.0. The third-order valence-electron chi connectivity index (χ3n) is 7.70. The number of hydrogen-bond donors (Lipinski definition) is 7. The molecule has 0 aromatic rings. The van der Waals surface area contributed by atoms with E-state index in [0.29, 0.717) is 13.0 Å². The van der Waals surface area contributed by atoms with E-state index in [1.54, 1.807) is 27.7 Å². The Balaban J connectivity index is 3.12. The number of carbonyl (C=O) groups is 6. The van der Waals surface area contributed by atoms with E-state index >= 15 is 0 Å². The number of nitrogens with one attached hydrogen (secondary N) is 4. The van der Waals surface area contributed by atoms with Gasteiger partial charge in [-0.15, -0.1) is 0 Å². The maximum Gasteiger partial charge on any atom is 0.408 e. The molecule has 1 aliphatic carbocycles. The van der Waals surface area contributed by atoms with Crippen LogP contribution in [0.2, 0.25) is 0 Å². The molecule has 1 rings (SSSR count). The number of rotatable bonds is 19. The van der Waals surface area contributed by atoms with Gasteiger partial charge in [-0.1, -0.05) is 52.4 Å². The first kappa shape index (κ1) is 39.6. The van der Waals surface area contributed by atoms with Crippen molar-refractivity contribution in [3.63, 3.8) is 0 Å². The molecule has 1 saturated carbocycles. The van der Waals surface area contributed by atoms with Crippen LogP contribution < -0.4 is 32.7 Å². The number of amides is 6. The summed E-state index contributed by atoms with van der Waals surface area (Å²) in [5, 5.41) is 21.8. The molecular formula is C31H56N6O8. The van der Waals surface area contributed by atoms with Gasteiger partial charge in [0, 0.05) is 18.9 Å². The van der Waals surface area contributed by atoms with Crippen molar-refractivity contribution < 1.29 is 38.6 Å². The van der Waals surface area contributed by atoms with E-state index in [2.05, 4.69) is 21.3 Å². The number of unbranched alkanes of at least 4 members (excludes halogenated alkanes) is 1. The highest BCUT2D eigenvalue weighted by Crippen LogP contribution is 2.29. The van der Waals surface area contributed by atoms with E-state index in [-0.39, 0.29) is 31.1 Å². The Labute approximate surface area is 266 Å². The zero-order chi connectivity index (χ0) is 34.2. The second kappa shape index (κ2) is 19.9. The number of aliphatic hydroxyl groups is 1. The average Bonchev–Trinajstić information content (AvgIpc) is 2.93. The van der Waals surface area contributed by atoms with Crippen molar-refractivity contribution in [2.24, 2.45) is 23.3 Å². The van der Waals surface area contributed by atoms with Crippen LogP contribution in [0, 0.1) is 11.8 Å². The number of hydrogen-bond acceptors (Lipinski definition) is 8. The molecule has 258 valence electrons. The Morgan fingerprint density at radius 2 is 1.51 bits per heavy atom. The number of nitrogens with two attached hydrogens (primary N) is 2. The van der Waals surface area contributed by atoms with Crippen LogP contribution in [-0.2, 0) is 28.7 Å². The fourth-order valence-corrected chi connectivity index (χ4v) is 5.26. The summed E-state index contributed by atoms with van der Waals surface area (Å²) < 4.78 is 5.21. The van der Waals surface area contributed by atoms with Gasteiger partial charge in [0.2, 0.25) is 29.5 Å². The molecule has 1 fully saturated rings. The van der Waals surface area contributed by atoms with Crippen LogP contribution in [0.1, 0.15) is 112 Å². The van der Waals surface area contributed by atoms with E-state index in [0.717, 1.165) is 44.9 Å². The molecule has 0 spiro atoms. The first-order valence-electron chi connectivity index (χ1n) is 16.1. The lowest BCUT2D eigenvalue weighted by Gasteiger charge is -2.32. The molecule has 14 nitrogen and oxygen atoms in total. The van der Waals surface area contributed by atoms with Crippen molar-refractivity contribution >= 4 is 35.6 Å². The topological polar surface area (TPSA) is 232 Å². The van der Waals surface area contributed by atoms with Gasteiger partial charge in [0.15, 0.2) is 0 Å². The Kier molecular flexibility index (Phi) is 17.5. The second-order valence-electron chi connectivity index (χ2n) is 13.1. The largest absolute Gasteiger partial charge is 0.444 e. The molecule has 0 aromatic heterocycles. The van der Waals surface area contributed by atoms with Crippen molar-refractivity contribution in [2.45, 2.75) is 141 Å². The number of primary amides is 2. The van der Waals surface area contributed by atoms with Crippen LogP contribution in [0.25, 0.3) is 0 Å². The highest BCUT2D eigenvalue weighted by Gasteiger charge is 2.33. The molecular weight excluding hydrogens is 584 g/mol. The normalized spacial score (nSPS) is 17.1. The molecule has 14 heteroatoms. The van der Waals surface area contributed by atoms with Crippen LogP contribution in [0.15, 0.2) is 0 Å². The summed E-state index contributed by atoms with van der Waals surface area (Å²) in [6, 6.07) is -3.52. The molecule has 1 aliphatic rings. The van der Waals surface area contributed by atoms with E-state index < -0.39 is 71.9 Å². The summed E-state index contributed by atoms with van der Waals surface area (Å²) in [7, 11) is 0. The molecule has 0 bridgehead atoms. The lowest BCUT2D eigenvalue weighted by atomic mass is 9.82. The molecule has 6 amide bonds. The Morgan fingerprint density at radius 1 is 0.889 bits per heavy atom. The molecule has 0 aromatic carbocycles. The van der Waals surface area contributed by atoms with Crippen molar-refractivity contribution in [1.82, 2.24) is 21.3 Å². The van der Waals surface area contributed by atoms with Gasteiger partial charge in [-0.3, -0.25) is 24.0 Å². The smallest absolute Gasteiger partial charge is 0.408 e. The standard InChI is InChI=1S/C31H56N6O8/c1-6-7-15-34-27(41)19(2)16-24(38)22(17-20-11-9-8-10-12-20)35-29(43)23(18-26(33)40)36-28(42)21(13-14-25(32)39)37-30(44)45-31(3,4)5/h19-24,38H,6-18H2,1-5H3,(H2,32,39)(H2,33,40)(H,34,41)(H,35,43)(H,36,42)(H,37,44)/t19-,21+,22+,23+,24+/m1/s1. The fraction of sp³-hybridized carbons (Fsp3) is 0.806. The molecule has 5 atom stereocenters. The van der Waals surface area contributed by atoms with Crippen LogP contribution in [0.5, 0.6) is 0 Å². The Morgan fingerprint density at radius 3 is 2.07 bits per heavy atom. The summed E-state index contributed by atoms with van der Waals surface area (Å²) in [5.74, 6) is -3.66. The third kappa shape index (κ3) is 17.0. The van der Waals surface area contributed by atoms with E-state index in [9.17, 15) is 33.9 Å². The van der Waals surface area contributed by atoms with Crippen LogP contribution in [0.3, 0.4) is 0 Å². The lowest BCUT2D eigenvalue weighted by molar-refractivity contribution is -0.133. The van der Waals surface area contributed by atoms with Gasteiger partial charge >= 0.3 is 6.09 Å². The predicted molar refractivity (Wildman–Crippen MR) is 168 cm³/mol. The molecule has 9 N–H and O–H groups in total. The zero-order valence-corrected chi connectivity index (χ0v) is 27.6. The van der Waals surface area contributed by atoms with Gasteiger partial charge in [-0.2, -0.15) is 0 Å². The van der Waals surface area contributed by atoms with Gasteiger partial charge in [-0.05, 0) is 52.4 Å². The predicted octanol–water partition coefficient (Wildman–Crippen LogP) is 1.26. The van der Waals surface area contributed by atoms with Crippen molar-refractivity contribution in [2.75, 3.05) is 6.54 Å². The summed E-state index contributed by atoms with van der Waals surface area (Å²) in [5.41, 5.74) is 9.78. The minimum Gasteiger partial charge on any atom is -0.444 e. The Hall–Kier alpha value is -3.42. The molecule has 0 saturated heterocycles. The minimum atomic E-state index is -1.44. The Bertz CT molecular complexity index is 995. The van der Waals surface area contributed by atoms with Crippen molar-refractivity contribution in [1.29, 1.82) is 0 Å². The van der Waals surface area contributed by atoms with E-state index in [1.165, 1.54) is 0 Å². The van der Waals surface area contributed by atoms with Gasteiger partial charge < -0.3 is 42.6 Å². The molecule has 45 heavy (non-hydrogen) atoms.